The lowest BCUT2D eigenvalue weighted by Gasteiger charge is -2.19. The fourth-order valence-electron chi connectivity index (χ4n) is 3.05. The molecule has 1 aromatic rings. The summed E-state index contributed by atoms with van der Waals surface area (Å²) in [5, 5.41) is 0. The van der Waals surface area contributed by atoms with E-state index in [0.29, 0.717) is 4.90 Å². The minimum absolute atomic E-state index is 0.00743. The molecule has 1 aliphatic carbocycles. The molecule has 1 saturated carbocycles. The van der Waals surface area contributed by atoms with Crippen molar-refractivity contribution in [3.8, 4) is 0 Å². The molecule has 0 bridgehead atoms. The van der Waals surface area contributed by atoms with Gasteiger partial charge in [-0.15, -0.1) is 0 Å². The van der Waals surface area contributed by atoms with Crippen molar-refractivity contribution in [2.45, 2.75) is 71.3 Å². The van der Waals surface area contributed by atoms with Crippen LogP contribution in [-0.4, -0.2) is 14.5 Å². The Kier molecular flexibility index (Phi) is 4.76. The largest absolute Gasteiger partial charge is 0.284 e. The maximum absolute atomic E-state index is 12.6. The maximum Gasteiger partial charge on any atom is 0.263 e. The van der Waals surface area contributed by atoms with Crippen LogP contribution in [0.2, 0.25) is 0 Å². The standard InChI is InChI=1S/C16H25NO3S/c1-10-11(2)13(4)16(14(5)12(10)3)21(18,19)17-20-15-8-6-7-9-15/h15,17H,6-9H2,1-5H3. The van der Waals surface area contributed by atoms with Crippen LogP contribution in [-0.2, 0) is 14.9 Å². The first kappa shape index (κ1) is 16.5. The third-order valence-electron chi connectivity index (χ3n) is 4.83. The van der Waals surface area contributed by atoms with Crippen molar-refractivity contribution in [2.24, 2.45) is 0 Å². The Morgan fingerprint density at radius 2 is 1.29 bits per heavy atom. The van der Waals surface area contributed by atoms with Crippen LogP contribution in [0.5, 0.6) is 0 Å². The summed E-state index contributed by atoms with van der Waals surface area (Å²) in [5.41, 5.74) is 4.82. The molecule has 0 amide bonds. The Morgan fingerprint density at radius 1 is 0.857 bits per heavy atom. The molecule has 0 radical (unpaired) electrons. The first-order valence-corrected chi connectivity index (χ1v) is 8.98. The topological polar surface area (TPSA) is 55.4 Å². The van der Waals surface area contributed by atoms with Gasteiger partial charge in [0.25, 0.3) is 10.0 Å². The van der Waals surface area contributed by atoms with Gasteiger partial charge >= 0.3 is 0 Å². The number of rotatable bonds is 4. The van der Waals surface area contributed by atoms with Gasteiger partial charge in [-0.2, -0.15) is 0 Å². The van der Waals surface area contributed by atoms with E-state index in [1.165, 1.54) is 0 Å². The summed E-state index contributed by atoms with van der Waals surface area (Å²) >= 11 is 0. The predicted octanol–water partition coefficient (Wildman–Crippen LogP) is 3.38. The normalized spacial score (nSPS) is 16.6. The summed E-state index contributed by atoms with van der Waals surface area (Å²) in [6.45, 7) is 9.68. The van der Waals surface area contributed by atoms with E-state index in [4.69, 9.17) is 4.84 Å². The third kappa shape index (κ3) is 3.15. The molecular weight excluding hydrogens is 286 g/mol. The van der Waals surface area contributed by atoms with Crippen LogP contribution in [0.15, 0.2) is 4.90 Å². The second kappa shape index (κ2) is 6.07. The number of hydrogen-bond donors (Lipinski definition) is 1. The molecule has 1 fully saturated rings. The molecule has 1 aromatic carbocycles. The molecule has 5 heteroatoms. The van der Waals surface area contributed by atoms with E-state index in [-0.39, 0.29) is 6.10 Å². The van der Waals surface area contributed by atoms with Crippen molar-refractivity contribution in [1.29, 1.82) is 0 Å². The Labute approximate surface area is 127 Å². The summed E-state index contributed by atoms with van der Waals surface area (Å²) in [6, 6.07) is 0. The van der Waals surface area contributed by atoms with E-state index >= 15 is 0 Å². The van der Waals surface area contributed by atoms with E-state index in [9.17, 15) is 8.42 Å². The average molecular weight is 311 g/mol. The van der Waals surface area contributed by atoms with Crippen molar-refractivity contribution in [3.05, 3.63) is 27.8 Å². The fourth-order valence-corrected chi connectivity index (χ4v) is 4.51. The van der Waals surface area contributed by atoms with E-state index in [0.717, 1.165) is 53.5 Å². The summed E-state index contributed by atoms with van der Waals surface area (Å²) in [4.78, 5) is 8.11. The predicted molar refractivity (Wildman–Crippen MR) is 83.8 cm³/mol. The molecule has 118 valence electrons. The first-order chi connectivity index (χ1) is 9.75. The van der Waals surface area contributed by atoms with Gasteiger partial charge in [0.1, 0.15) is 0 Å². The van der Waals surface area contributed by atoms with E-state index in [1.807, 2.05) is 34.6 Å². The fraction of sp³-hybridized carbons (Fsp3) is 0.625. The molecule has 1 aliphatic rings. The highest BCUT2D eigenvalue weighted by Gasteiger charge is 2.25. The Morgan fingerprint density at radius 3 is 1.76 bits per heavy atom. The third-order valence-corrected chi connectivity index (χ3v) is 6.29. The first-order valence-electron chi connectivity index (χ1n) is 7.50. The second-order valence-electron chi connectivity index (χ2n) is 6.07. The lowest BCUT2D eigenvalue weighted by atomic mass is 9.95. The highest BCUT2D eigenvalue weighted by molar-refractivity contribution is 7.89. The van der Waals surface area contributed by atoms with Crippen LogP contribution in [0.1, 0.15) is 53.5 Å². The van der Waals surface area contributed by atoms with Crippen LogP contribution in [0, 0.1) is 34.6 Å². The zero-order chi connectivity index (χ0) is 15.8. The lowest BCUT2D eigenvalue weighted by molar-refractivity contribution is 0.0223. The van der Waals surface area contributed by atoms with Gasteiger partial charge in [-0.3, -0.25) is 4.84 Å². The molecule has 4 nitrogen and oxygen atoms in total. The molecule has 0 saturated heterocycles. The summed E-state index contributed by atoms with van der Waals surface area (Å²) < 4.78 is 25.2. The number of nitrogens with one attached hydrogen (secondary N) is 1. The Balaban J connectivity index is 2.35. The molecule has 0 spiro atoms. The van der Waals surface area contributed by atoms with Crippen molar-refractivity contribution >= 4 is 10.0 Å². The van der Waals surface area contributed by atoms with Gasteiger partial charge in [0.05, 0.1) is 11.0 Å². The molecule has 0 aliphatic heterocycles. The van der Waals surface area contributed by atoms with Crippen molar-refractivity contribution in [3.63, 3.8) is 0 Å². The van der Waals surface area contributed by atoms with Crippen molar-refractivity contribution < 1.29 is 13.3 Å². The molecule has 21 heavy (non-hydrogen) atoms. The molecule has 2 rings (SSSR count). The van der Waals surface area contributed by atoms with Gasteiger partial charge in [-0.05, 0) is 75.3 Å². The van der Waals surface area contributed by atoms with Crippen molar-refractivity contribution in [2.75, 3.05) is 0 Å². The summed E-state index contributed by atoms with van der Waals surface area (Å²) in [5.74, 6) is 0. The molecule has 1 N–H and O–H groups in total. The quantitative estimate of drug-likeness (QED) is 0.867. The summed E-state index contributed by atoms with van der Waals surface area (Å²) in [7, 11) is -3.64. The average Bonchev–Trinajstić information content (AvgIpc) is 2.94. The monoisotopic (exact) mass is 311 g/mol. The van der Waals surface area contributed by atoms with Gasteiger partial charge in [0.2, 0.25) is 0 Å². The number of benzene rings is 1. The summed E-state index contributed by atoms with van der Waals surface area (Å²) in [6.07, 6.45) is 4.06. The number of sulfonamides is 1. The van der Waals surface area contributed by atoms with E-state index in [2.05, 4.69) is 4.89 Å². The highest BCUT2D eigenvalue weighted by Crippen LogP contribution is 2.29. The van der Waals surface area contributed by atoms with Crippen LogP contribution in [0.25, 0.3) is 0 Å². The van der Waals surface area contributed by atoms with Gasteiger partial charge in [0, 0.05) is 0 Å². The minimum atomic E-state index is -3.64. The number of hydrogen-bond acceptors (Lipinski definition) is 3. The van der Waals surface area contributed by atoms with E-state index < -0.39 is 10.0 Å². The van der Waals surface area contributed by atoms with Gasteiger partial charge in [0.15, 0.2) is 0 Å². The highest BCUT2D eigenvalue weighted by atomic mass is 32.2. The zero-order valence-electron chi connectivity index (χ0n) is 13.5. The Bertz CT molecular complexity index is 615. The minimum Gasteiger partial charge on any atom is -0.284 e. The molecular formula is C16H25NO3S. The van der Waals surface area contributed by atoms with Gasteiger partial charge < -0.3 is 0 Å². The second-order valence-corrected chi connectivity index (χ2v) is 7.65. The maximum atomic E-state index is 12.6. The zero-order valence-corrected chi connectivity index (χ0v) is 14.4. The van der Waals surface area contributed by atoms with Gasteiger partial charge in [-0.25, -0.2) is 8.42 Å². The SMILES string of the molecule is Cc1c(C)c(C)c(S(=O)(=O)NOC2CCCC2)c(C)c1C. The van der Waals surface area contributed by atoms with Crippen LogP contribution < -0.4 is 4.89 Å². The Hall–Kier alpha value is -0.910. The lowest BCUT2D eigenvalue weighted by Crippen LogP contribution is -2.30. The van der Waals surface area contributed by atoms with Crippen LogP contribution in [0.4, 0.5) is 0 Å². The van der Waals surface area contributed by atoms with E-state index in [1.54, 1.807) is 0 Å². The van der Waals surface area contributed by atoms with Gasteiger partial charge in [-0.1, -0.05) is 17.7 Å². The van der Waals surface area contributed by atoms with Crippen LogP contribution in [0.3, 0.4) is 0 Å². The molecule has 0 atom stereocenters. The van der Waals surface area contributed by atoms with Crippen molar-refractivity contribution in [1.82, 2.24) is 4.89 Å². The molecule has 0 unspecified atom stereocenters. The van der Waals surface area contributed by atoms with Crippen LogP contribution >= 0.6 is 0 Å². The molecule has 0 heterocycles. The molecule has 0 aromatic heterocycles. The smallest absolute Gasteiger partial charge is 0.263 e.